The Morgan fingerprint density at radius 1 is 1.40 bits per heavy atom. The van der Waals surface area contributed by atoms with Crippen LogP contribution >= 0.6 is 61.8 Å². The van der Waals surface area contributed by atoms with E-state index in [9.17, 15) is 0 Å². The maximum Gasteiger partial charge on any atom is 0.0987 e. The van der Waals surface area contributed by atoms with E-state index in [1.807, 2.05) is 6.07 Å². The third-order valence-corrected chi connectivity index (χ3v) is 5.21. The predicted octanol–water partition coefficient (Wildman–Crippen LogP) is 5.80. The van der Waals surface area contributed by atoms with E-state index in [0.717, 1.165) is 20.7 Å². The standard InChI is InChI=1S/C10H7BrCl2S2/c11-8(4-6-2-1-3-14-6)7-5-9(12)15-10(7)13/h1-3,5,8H,4H2. The first-order valence-electron chi connectivity index (χ1n) is 4.28. The van der Waals surface area contributed by atoms with Crippen LogP contribution in [0.2, 0.25) is 8.67 Å². The number of hydrogen-bond donors (Lipinski definition) is 0. The number of hydrogen-bond acceptors (Lipinski definition) is 2. The summed E-state index contributed by atoms with van der Waals surface area (Å²) in [6.45, 7) is 0. The molecule has 0 aliphatic rings. The summed E-state index contributed by atoms with van der Waals surface area (Å²) in [6.07, 6.45) is 0.949. The molecule has 1 atom stereocenters. The zero-order valence-electron chi connectivity index (χ0n) is 7.54. The van der Waals surface area contributed by atoms with Crippen LogP contribution in [0.25, 0.3) is 0 Å². The number of rotatable bonds is 3. The molecule has 15 heavy (non-hydrogen) atoms. The van der Waals surface area contributed by atoms with Gasteiger partial charge in [-0.05, 0) is 29.5 Å². The Kier molecular flexibility index (Phi) is 4.13. The van der Waals surface area contributed by atoms with Crippen molar-refractivity contribution in [2.75, 3.05) is 0 Å². The number of halogens is 3. The molecule has 0 nitrogen and oxygen atoms in total. The van der Waals surface area contributed by atoms with Gasteiger partial charge in [-0.2, -0.15) is 0 Å². The molecule has 0 aromatic carbocycles. The summed E-state index contributed by atoms with van der Waals surface area (Å²) in [5.41, 5.74) is 1.08. The highest BCUT2D eigenvalue weighted by Crippen LogP contribution is 2.40. The van der Waals surface area contributed by atoms with Gasteiger partial charge in [0.15, 0.2) is 0 Å². The normalized spacial score (nSPS) is 13.0. The second kappa shape index (κ2) is 5.19. The third kappa shape index (κ3) is 2.98. The van der Waals surface area contributed by atoms with Crippen LogP contribution < -0.4 is 0 Å². The van der Waals surface area contributed by atoms with Gasteiger partial charge < -0.3 is 0 Å². The van der Waals surface area contributed by atoms with Crippen LogP contribution in [0.15, 0.2) is 23.6 Å². The summed E-state index contributed by atoms with van der Waals surface area (Å²) >= 11 is 18.8. The van der Waals surface area contributed by atoms with Gasteiger partial charge in [0.05, 0.1) is 8.67 Å². The maximum absolute atomic E-state index is 6.09. The van der Waals surface area contributed by atoms with Crippen molar-refractivity contribution in [1.29, 1.82) is 0 Å². The highest BCUT2D eigenvalue weighted by atomic mass is 79.9. The highest BCUT2D eigenvalue weighted by molar-refractivity contribution is 9.09. The third-order valence-electron chi connectivity index (χ3n) is 1.98. The van der Waals surface area contributed by atoms with E-state index in [2.05, 4.69) is 33.4 Å². The Hall–Kier alpha value is 0.460. The molecule has 0 radical (unpaired) electrons. The lowest BCUT2D eigenvalue weighted by Gasteiger charge is -2.06. The van der Waals surface area contributed by atoms with Crippen molar-refractivity contribution in [2.24, 2.45) is 0 Å². The predicted molar refractivity (Wildman–Crippen MR) is 74.0 cm³/mol. The molecular weight excluding hydrogens is 335 g/mol. The van der Waals surface area contributed by atoms with Crippen molar-refractivity contribution < 1.29 is 0 Å². The van der Waals surface area contributed by atoms with Crippen LogP contribution in [-0.2, 0) is 6.42 Å². The molecule has 0 saturated heterocycles. The van der Waals surface area contributed by atoms with Gasteiger partial charge in [0, 0.05) is 9.70 Å². The monoisotopic (exact) mass is 340 g/mol. The topological polar surface area (TPSA) is 0 Å². The van der Waals surface area contributed by atoms with Gasteiger partial charge in [0.1, 0.15) is 0 Å². The fourth-order valence-electron chi connectivity index (χ4n) is 1.28. The van der Waals surface area contributed by atoms with E-state index in [4.69, 9.17) is 23.2 Å². The average molecular weight is 342 g/mol. The molecule has 5 heteroatoms. The van der Waals surface area contributed by atoms with Gasteiger partial charge in [-0.25, -0.2) is 0 Å². The second-order valence-corrected chi connectivity index (χ2v) is 7.45. The molecule has 0 saturated carbocycles. The SMILES string of the molecule is Clc1cc(C(Br)Cc2cccs2)c(Cl)s1. The van der Waals surface area contributed by atoms with Gasteiger partial charge >= 0.3 is 0 Å². The van der Waals surface area contributed by atoms with Crippen molar-refractivity contribution >= 4 is 61.8 Å². The molecule has 80 valence electrons. The highest BCUT2D eigenvalue weighted by Gasteiger charge is 2.15. The zero-order chi connectivity index (χ0) is 10.8. The van der Waals surface area contributed by atoms with E-state index in [0.29, 0.717) is 0 Å². The molecule has 2 aromatic heterocycles. The maximum atomic E-state index is 6.09. The van der Waals surface area contributed by atoms with Gasteiger partial charge in [-0.3, -0.25) is 0 Å². The van der Waals surface area contributed by atoms with Crippen molar-refractivity contribution in [1.82, 2.24) is 0 Å². The molecule has 1 unspecified atom stereocenters. The molecule has 2 heterocycles. The molecule has 0 fully saturated rings. The van der Waals surface area contributed by atoms with Crippen molar-refractivity contribution in [2.45, 2.75) is 11.2 Å². The van der Waals surface area contributed by atoms with Crippen molar-refractivity contribution in [3.63, 3.8) is 0 Å². The van der Waals surface area contributed by atoms with E-state index in [-0.39, 0.29) is 4.83 Å². The molecule has 0 aliphatic heterocycles. The first-order valence-corrected chi connectivity index (χ1v) is 7.65. The minimum Gasteiger partial charge on any atom is -0.149 e. The summed E-state index contributed by atoms with van der Waals surface area (Å²) in [4.78, 5) is 1.59. The Morgan fingerprint density at radius 2 is 2.20 bits per heavy atom. The summed E-state index contributed by atoms with van der Waals surface area (Å²) in [6, 6.07) is 6.12. The Balaban J connectivity index is 2.14. The van der Waals surface area contributed by atoms with E-state index < -0.39 is 0 Å². The van der Waals surface area contributed by atoms with Gasteiger partial charge in [0.25, 0.3) is 0 Å². The average Bonchev–Trinajstić information content (AvgIpc) is 2.75. The molecule has 0 aliphatic carbocycles. The van der Waals surface area contributed by atoms with E-state index >= 15 is 0 Å². The number of thiophene rings is 2. The van der Waals surface area contributed by atoms with Gasteiger partial charge in [-0.1, -0.05) is 45.2 Å². The first kappa shape index (κ1) is 11.9. The Morgan fingerprint density at radius 3 is 2.73 bits per heavy atom. The van der Waals surface area contributed by atoms with Crippen molar-refractivity contribution in [3.8, 4) is 0 Å². The lowest BCUT2D eigenvalue weighted by molar-refractivity contribution is 0.975. The second-order valence-electron chi connectivity index (χ2n) is 3.03. The molecule has 0 amide bonds. The summed E-state index contributed by atoms with van der Waals surface area (Å²) in [7, 11) is 0. The summed E-state index contributed by atoms with van der Waals surface area (Å²) in [5, 5.41) is 2.08. The molecule has 0 spiro atoms. The van der Waals surface area contributed by atoms with Crippen LogP contribution in [0.3, 0.4) is 0 Å². The lowest BCUT2D eigenvalue weighted by Crippen LogP contribution is -1.91. The number of alkyl halides is 1. The van der Waals surface area contributed by atoms with Crippen molar-refractivity contribution in [3.05, 3.63) is 42.7 Å². The van der Waals surface area contributed by atoms with Gasteiger partial charge in [-0.15, -0.1) is 22.7 Å². The van der Waals surface area contributed by atoms with Crippen LogP contribution in [0.5, 0.6) is 0 Å². The quantitative estimate of drug-likeness (QED) is 0.619. The molecule has 0 N–H and O–H groups in total. The minimum atomic E-state index is 0.243. The van der Waals surface area contributed by atoms with E-state index in [1.165, 1.54) is 16.2 Å². The first-order chi connectivity index (χ1) is 7.16. The Bertz CT molecular complexity index is 436. The van der Waals surface area contributed by atoms with Crippen LogP contribution in [0.4, 0.5) is 0 Å². The van der Waals surface area contributed by atoms with E-state index in [1.54, 1.807) is 11.3 Å². The summed E-state index contributed by atoms with van der Waals surface area (Å²) < 4.78 is 1.52. The fraction of sp³-hybridized carbons (Fsp3) is 0.200. The van der Waals surface area contributed by atoms with Gasteiger partial charge in [0.2, 0.25) is 0 Å². The molecular formula is C10H7BrCl2S2. The Labute approximate surface area is 115 Å². The lowest BCUT2D eigenvalue weighted by atomic mass is 10.2. The zero-order valence-corrected chi connectivity index (χ0v) is 12.3. The smallest absolute Gasteiger partial charge is 0.0987 e. The van der Waals surface area contributed by atoms with Crippen LogP contribution in [-0.4, -0.2) is 0 Å². The molecule has 0 bridgehead atoms. The fourth-order valence-corrected chi connectivity index (χ4v) is 4.82. The summed E-state index contributed by atoms with van der Waals surface area (Å²) in [5.74, 6) is 0. The largest absolute Gasteiger partial charge is 0.149 e. The van der Waals surface area contributed by atoms with Crippen LogP contribution in [0.1, 0.15) is 15.3 Å². The minimum absolute atomic E-state index is 0.243. The molecule has 2 aromatic rings. The van der Waals surface area contributed by atoms with Crippen LogP contribution in [0, 0.1) is 0 Å². The molecule has 2 rings (SSSR count).